The van der Waals surface area contributed by atoms with E-state index < -0.39 is 0 Å². The quantitative estimate of drug-likeness (QED) is 0.810. The van der Waals surface area contributed by atoms with E-state index in [2.05, 4.69) is 40.4 Å². The van der Waals surface area contributed by atoms with Gasteiger partial charge in [0.05, 0.1) is 5.56 Å². The molecule has 1 saturated heterocycles. The van der Waals surface area contributed by atoms with Crippen molar-refractivity contribution in [3.63, 3.8) is 0 Å². The first kappa shape index (κ1) is 18.8. The molecule has 0 aliphatic carbocycles. The number of carbonyl (C=O) groups excluding carboxylic acids is 1. The number of amides is 1. The lowest BCUT2D eigenvalue weighted by molar-refractivity contribution is 0.0928. The first-order valence-corrected chi connectivity index (χ1v) is 8.04. The molecule has 1 aliphatic heterocycles. The highest BCUT2D eigenvalue weighted by atomic mass is 79.9. The van der Waals surface area contributed by atoms with E-state index in [1.54, 1.807) is 18.2 Å². The lowest BCUT2D eigenvalue weighted by Crippen LogP contribution is -2.52. The van der Waals surface area contributed by atoms with Gasteiger partial charge in [-0.3, -0.25) is 4.79 Å². The van der Waals surface area contributed by atoms with E-state index in [-0.39, 0.29) is 23.7 Å². The molecule has 1 aromatic carbocycles. The Kier molecular flexibility index (Phi) is 6.98. The molecule has 0 aromatic heterocycles. The van der Waals surface area contributed by atoms with E-state index >= 15 is 0 Å². The summed E-state index contributed by atoms with van der Waals surface area (Å²) in [5.74, 6) is -0.0725. The van der Waals surface area contributed by atoms with Crippen LogP contribution in [0, 0.1) is 5.41 Å². The SMILES string of the molecule is CC1(C)CCCNC1CNC(=O)c1ccc(Cl)cc1Br.Cl. The number of hydrogen-bond donors (Lipinski definition) is 2. The number of piperidine rings is 1. The normalized spacial score (nSPS) is 20.5. The summed E-state index contributed by atoms with van der Waals surface area (Å²) < 4.78 is 0.721. The smallest absolute Gasteiger partial charge is 0.252 e. The Morgan fingerprint density at radius 1 is 1.52 bits per heavy atom. The third-order valence-corrected chi connectivity index (χ3v) is 4.87. The monoisotopic (exact) mass is 394 g/mol. The minimum absolute atomic E-state index is 0. The first-order chi connectivity index (χ1) is 9.40. The fraction of sp³-hybridized carbons (Fsp3) is 0.533. The molecule has 1 amide bonds. The van der Waals surface area contributed by atoms with Gasteiger partial charge in [-0.2, -0.15) is 0 Å². The topological polar surface area (TPSA) is 41.1 Å². The molecule has 0 bridgehead atoms. The Balaban J connectivity index is 0.00000220. The Morgan fingerprint density at radius 2 is 2.24 bits per heavy atom. The summed E-state index contributed by atoms with van der Waals surface area (Å²) in [6.07, 6.45) is 2.38. The average Bonchev–Trinajstić information content (AvgIpc) is 2.36. The zero-order valence-corrected chi connectivity index (χ0v) is 15.4. The standard InChI is InChI=1S/C15H20BrClN2O.ClH/c1-15(2)6-3-7-18-13(15)9-19-14(20)11-5-4-10(17)8-12(11)16;/h4-5,8,13,18H,3,6-7,9H2,1-2H3,(H,19,20);1H. The summed E-state index contributed by atoms with van der Waals surface area (Å²) >= 11 is 9.26. The molecule has 3 nitrogen and oxygen atoms in total. The minimum Gasteiger partial charge on any atom is -0.350 e. The first-order valence-electron chi connectivity index (χ1n) is 6.87. The van der Waals surface area contributed by atoms with Crippen LogP contribution in [0.5, 0.6) is 0 Å². The van der Waals surface area contributed by atoms with Gasteiger partial charge in [-0.25, -0.2) is 0 Å². The number of halogens is 3. The van der Waals surface area contributed by atoms with Crippen LogP contribution in [-0.4, -0.2) is 25.0 Å². The summed E-state index contributed by atoms with van der Waals surface area (Å²) in [5, 5.41) is 7.12. The van der Waals surface area contributed by atoms with Gasteiger partial charge in [0.25, 0.3) is 5.91 Å². The van der Waals surface area contributed by atoms with Gasteiger partial charge in [0.2, 0.25) is 0 Å². The Bertz CT molecular complexity index is 508. The van der Waals surface area contributed by atoms with Crippen molar-refractivity contribution in [1.82, 2.24) is 10.6 Å². The van der Waals surface area contributed by atoms with Crippen LogP contribution in [-0.2, 0) is 0 Å². The second-order valence-electron chi connectivity index (χ2n) is 5.93. The van der Waals surface area contributed by atoms with Crippen molar-refractivity contribution in [3.05, 3.63) is 33.3 Å². The zero-order chi connectivity index (χ0) is 14.8. The van der Waals surface area contributed by atoms with E-state index in [1.807, 2.05) is 0 Å². The van der Waals surface area contributed by atoms with E-state index in [1.165, 1.54) is 12.8 Å². The van der Waals surface area contributed by atoms with Crippen molar-refractivity contribution in [3.8, 4) is 0 Å². The van der Waals surface area contributed by atoms with Crippen LogP contribution in [0.1, 0.15) is 37.0 Å². The lowest BCUT2D eigenvalue weighted by Gasteiger charge is -2.39. The van der Waals surface area contributed by atoms with Crippen LogP contribution in [0.2, 0.25) is 5.02 Å². The second-order valence-corrected chi connectivity index (χ2v) is 7.22. The molecule has 2 N–H and O–H groups in total. The summed E-state index contributed by atoms with van der Waals surface area (Å²) in [6.45, 7) is 6.15. The van der Waals surface area contributed by atoms with Gasteiger partial charge in [0.1, 0.15) is 0 Å². The van der Waals surface area contributed by atoms with Gasteiger partial charge >= 0.3 is 0 Å². The largest absolute Gasteiger partial charge is 0.350 e. The fourth-order valence-electron chi connectivity index (χ4n) is 2.58. The van der Waals surface area contributed by atoms with Crippen LogP contribution in [0.25, 0.3) is 0 Å². The maximum Gasteiger partial charge on any atom is 0.252 e. The zero-order valence-electron chi connectivity index (χ0n) is 12.2. The molecule has 0 radical (unpaired) electrons. The molecule has 1 unspecified atom stereocenters. The number of rotatable bonds is 3. The van der Waals surface area contributed by atoms with Crippen molar-refractivity contribution in [1.29, 1.82) is 0 Å². The van der Waals surface area contributed by atoms with E-state index in [4.69, 9.17) is 11.6 Å². The van der Waals surface area contributed by atoms with Gasteiger partial charge < -0.3 is 10.6 Å². The maximum absolute atomic E-state index is 12.2. The summed E-state index contributed by atoms with van der Waals surface area (Å²) in [6, 6.07) is 5.51. The van der Waals surface area contributed by atoms with E-state index in [0.717, 1.165) is 11.0 Å². The van der Waals surface area contributed by atoms with Crippen molar-refractivity contribution in [2.45, 2.75) is 32.7 Å². The van der Waals surface area contributed by atoms with Gasteiger partial charge in [0, 0.05) is 22.1 Å². The molecule has 2 rings (SSSR count). The van der Waals surface area contributed by atoms with E-state index in [0.29, 0.717) is 23.2 Å². The summed E-state index contributed by atoms with van der Waals surface area (Å²) in [5.41, 5.74) is 0.825. The predicted molar refractivity (Wildman–Crippen MR) is 93.5 cm³/mol. The Labute approximate surface area is 145 Å². The average molecular weight is 396 g/mol. The molecular weight excluding hydrogens is 375 g/mol. The summed E-state index contributed by atoms with van der Waals surface area (Å²) in [7, 11) is 0. The molecule has 0 saturated carbocycles. The highest BCUT2D eigenvalue weighted by Crippen LogP contribution is 2.29. The molecule has 21 heavy (non-hydrogen) atoms. The van der Waals surface area contributed by atoms with Crippen molar-refractivity contribution >= 4 is 45.8 Å². The minimum atomic E-state index is -0.0725. The van der Waals surface area contributed by atoms with Crippen molar-refractivity contribution < 1.29 is 4.79 Å². The van der Waals surface area contributed by atoms with Gasteiger partial charge in [-0.1, -0.05) is 25.4 Å². The predicted octanol–water partition coefficient (Wildman–Crippen LogP) is 4.03. The molecule has 1 atom stereocenters. The van der Waals surface area contributed by atoms with Crippen LogP contribution < -0.4 is 10.6 Å². The Hall–Kier alpha value is -0.290. The maximum atomic E-state index is 12.2. The van der Waals surface area contributed by atoms with E-state index in [9.17, 15) is 4.79 Å². The third kappa shape index (κ3) is 4.85. The van der Waals surface area contributed by atoms with Crippen LogP contribution >= 0.6 is 39.9 Å². The molecular formula is C15H21BrCl2N2O. The number of hydrogen-bond acceptors (Lipinski definition) is 2. The fourth-order valence-corrected chi connectivity index (χ4v) is 3.45. The van der Waals surface area contributed by atoms with Gasteiger partial charge in [-0.05, 0) is 58.9 Å². The number of benzene rings is 1. The molecule has 118 valence electrons. The number of nitrogens with one attached hydrogen (secondary N) is 2. The molecule has 1 aromatic rings. The van der Waals surface area contributed by atoms with Gasteiger partial charge in [0.15, 0.2) is 0 Å². The lowest BCUT2D eigenvalue weighted by atomic mass is 9.77. The molecule has 0 spiro atoms. The van der Waals surface area contributed by atoms with Crippen molar-refractivity contribution in [2.75, 3.05) is 13.1 Å². The molecule has 1 aliphatic rings. The highest BCUT2D eigenvalue weighted by molar-refractivity contribution is 9.10. The number of carbonyl (C=O) groups is 1. The molecule has 1 fully saturated rings. The highest BCUT2D eigenvalue weighted by Gasteiger charge is 2.32. The Morgan fingerprint density at radius 3 is 2.86 bits per heavy atom. The van der Waals surface area contributed by atoms with Crippen LogP contribution in [0.4, 0.5) is 0 Å². The second kappa shape index (κ2) is 7.82. The summed E-state index contributed by atoms with van der Waals surface area (Å²) in [4.78, 5) is 12.2. The van der Waals surface area contributed by atoms with Crippen LogP contribution in [0.3, 0.4) is 0 Å². The van der Waals surface area contributed by atoms with Crippen molar-refractivity contribution in [2.24, 2.45) is 5.41 Å². The van der Waals surface area contributed by atoms with Crippen LogP contribution in [0.15, 0.2) is 22.7 Å². The molecule has 1 heterocycles. The third-order valence-electron chi connectivity index (χ3n) is 3.97. The molecule has 6 heteroatoms. The van der Waals surface area contributed by atoms with Gasteiger partial charge in [-0.15, -0.1) is 12.4 Å².